The van der Waals surface area contributed by atoms with Gasteiger partial charge in [-0.3, -0.25) is 0 Å². The van der Waals surface area contributed by atoms with E-state index in [1.54, 1.807) is 30.3 Å². The van der Waals surface area contributed by atoms with Crippen LogP contribution in [-0.4, -0.2) is 30.8 Å². The molecule has 1 saturated heterocycles. The Morgan fingerprint density at radius 1 is 0.967 bits per heavy atom. The van der Waals surface area contributed by atoms with Crippen molar-refractivity contribution in [1.82, 2.24) is 0 Å². The molecule has 0 aliphatic carbocycles. The first-order valence-electron chi connectivity index (χ1n) is 9.18. The van der Waals surface area contributed by atoms with E-state index < -0.39 is 23.7 Å². The fourth-order valence-corrected chi connectivity index (χ4v) is 2.76. The van der Waals surface area contributed by atoms with Gasteiger partial charge in [0.05, 0.1) is 12.7 Å². The molecule has 0 aromatic heterocycles. The number of ether oxygens (including phenoxy) is 3. The van der Waals surface area contributed by atoms with Crippen LogP contribution in [0.4, 0.5) is 5.69 Å². The zero-order valence-electron chi connectivity index (χ0n) is 16.8. The van der Waals surface area contributed by atoms with E-state index in [1.165, 1.54) is 27.2 Å². The van der Waals surface area contributed by atoms with Crippen molar-refractivity contribution < 1.29 is 28.6 Å². The zero-order valence-corrected chi connectivity index (χ0v) is 16.8. The number of nitrogens with one attached hydrogen (secondary N) is 1. The summed E-state index contributed by atoms with van der Waals surface area (Å²) in [6.45, 7) is 2.97. The van der Waals surface area contributed by atoms with Gasteiger partial charge in [0, 0.05) is 25.7 Å². The van der Waals surface area contributed by atoms with Gasteiger partial charge in [0.2, 0.25) is 0 Å². The van der Waals surface area contributed by atoms with E-state index in [2.05, 4.69) is 5.32 Å². The first-order chi connectivity index (χ1) is 14.3. The molecular formula is C23H21NO6. The van der Waals surface area contributed by atoms with Gasteiger partial charge in [-0.25, -0.2) is 14.4 Å². The monoisotopic (exact) mass is 407 g/mol. The Bertz CT molecular complexity index is 997. The lowest BCUT2D eigenvalue weighted by atomic mass is 10.0. The number of esters is 3. The Balaban J connectivity index is 1.78. The number of hydrogen-bond donors (Lipinski definition) is 1. The third kappa shape index (κ3) is 4.94. The second kappa shape index (κ2) is 8.65. The van der Waals surface area contributed by atoms with Crippen molar-refractivity contribution >= 4 is 35.2 Å². The average Bonchev–Trinajstić information content (AvgIpc) is 2.71. The lowest BCUT2D eigenvalue weighted by Crippen LogP contribution is -2.42. The van der Waals surface area contributed by atoms with Crippen LogP contribution >= 0.6 is 0 Å². The van der Waals surface area contributed by atoms with Crippen molar-refractivity contribution in [3.63, 3.8) is 0 Å². The molecule has 1 heterocycles. The summed E-state index contributed by atoms with van der Waals surface area (Å²) in [4.78, 5) is 36.1. The molecule has 0 atom stereocenters. The van der Waals surface area contributed by atoms with Crippen molar-refractivity contribution in [2.24, 2.45) is 0 Å². The van der Waals surface area contributed by atoms with Crippen molar-refractivity contribution in [3.05, 3.63) is 77.5 Å². The smallest absolute Gasteiger partial charge is 0.350 e. The molecule has 0 unspecified atom stereocenters. The first kappa shape index (κ1) is 20.9. The van der Waals surface area contributed by atoms with Gasteiger partial charge in [0.1, 0.15) is 0 Å². The Labute approximate surface area is 173 Å². The molecule has 1 fully saturated rings. The maximum atomic E-state index is 12.2. The van der Waals surface area contributed by atoms with E-state index in [0.717, 1.165) is 11.1 Å². The number of methoxy groups -OCH3 is 1. The Kier molecular flexibility index (Phi) is 6.01. The standard InChI is InChI=1S/C23H21NO6/c1-23(2)29-21(26)19(22(27)30-23)14-24-17-11-9-15(10-12-17)13-18(20(25)28-3)16-7-5-4-6-8-16/h4-14,24H,1-3H3. The van der Waals surface area contributed by atoms with Gasteiger partial charge in [0.15, 0.2) is 5.57 Å². The summed E-state index contributed by atoms with van der Waals surface area (Å²) in [6.07, 6.45) is 2.97. The lowest BCUT2D eigenvalue weighted by molar-refractivity contribution is -0.222. The molecule has 3 rings (SSSR count). The molecular weight excluding hydrogens is 386 g/mol. The van der Waals surface area contributed by atoms with Gasteiger partial charge < -0.3 is 19.5 Å². The van der Waals surface area contributed by atoms with Crippen LogP contribution in [0.3, 0.4) is 0 Å². The number of hydrogen-bond acceptors (Lipinski definition) is 7. The SMILES string of the molecule is COC(=O)C(=Cc1ccc(NC=C2C(=O)OC(C)(C)OC2=O)cc1)c1ccccc1. The number of rotatable bonds is 5. The van der Waals surface area contributed by atoms with Crippen LogP contribution in [0.15, 0.2) is 66.4 Å². The minimum atomic E-state index is -1.28. The molecule has 0 saturated carbocycles. The highest BCUT2D eigenvalue weighted by atomic mass is 16.7. The normalized spacial score (nSPS) is 15.7. The van der Waals surface area contributed by atoms with Gasteiger partial charge in [-0.2, -0.15) is 0 Å². The molecule has 1 aliphatic heterocycles. The number of benzene rings is 2. The third-order valence-electron chi connectivity index (χ3n) is 4.21. The molecule has 30 heavy (non-hydrogen) atoms. The molecule has 7 heteroatoms. The molecule has 2 aromatic carbocycles. The average molecular weight is 407 g/mol. The molecule has 0 amide bonds. The highest BCUT2D eigenvalue weighted by Gasteiger charge is 2.38. The molecule has 2 aromatic rings. The molecule has 154 valence electrons. The fourth-order valence-electron chi connectivity index (χ4n) is 2.76. The van der Waals surface area contributed by atoms with E-state index >= 15 is 0 Å². The Morgan fingerprint density at radius 2 is 1.57 bits per heavy atom. The molecule has 1 aliphatic rings. The summed E-state index contributed by atoms with van der Waals surface area (Å²) < 4.78 is 15.0. The van der Waals surface area contributed by atoms with Gasteiger partial charge in [-0.15, -0.1) is 0 Å². The summed E-state index contributed by atoms with van der Waals surface area (Å²) in [6, 6.07) is 16.3. The minimum absolute atomic E-state index is 0.227. The van der Waals surface area contributed by atoms with Crippen LogP contribution in [0.2, 0.25) is 0 Å². The van der Waals surface area contributed by atoms with Gasteiger partial charge in [-0.05, 0) is 29.3 Å². The molecule has 7 nitrogen and oxygen atoms in total. The van der Waals surface area contributed by atoms with E-state index in [1.807, 2.05) is 30.3 Å². The fraction of sp³-hybridized carbons (Fsp3) is 0.174. The molecule has 1 N–H and O–H groups in total. The predicted molar refractivity (Wildman–Crippen MR) is 111 cm³/mol. The van der Waals surface area contributed by atoms with Crippen LogP contribution in [-0.2, 0) is 28.6 Å². The summed E-state index contributed by atoms with van der Waals surface area (Å²) in [5, 5.41) is 2.87. The summed E-state index contributed by atoms with van der Waals surface area (Å²) in [7, 11) is 1.34. The summed E-state index contributed by atoms with van der Waals surface area (Å²) in [5.74, 6) is -3.23. The van der Waals surface area contributed by atoms with E-state index in [9.17, 15) is 14.4 Å². The summed E-state index contributed by atoms with van der Waals surface area (Å²) >= 11 is 0. The second-order valence-electron chi connectivity index (χ2n) is 6.92. The zero-order chi connectivity index (χ0) is 21.7. The largest absolute Gasteiger partial charge is 0.465 e. The van der Waals surface area contributed by atoms with Crippen molar-refractivity contribution in [2.45, 2.75) is 19.6 Å². The van der Waals surface area contributed by atoms with Crippen LogP contribution in [0.25, 0.3) is 11.6 Å². The maximum Gasteiger partial charge on any atom is 0.350 e. The lowest BCUT2D eigenvalue weighted by Gasteiger charge is -2.29. The van der Waals surface area contributed by atoms with Gasteiger partial charge >= 0.3 is 17.9 Å². The molecule has 0 spiro atoms. The predicted octanol–water partition coefficient (Wildman–Crippen LogP) is 3.53. The van der Waals surface area contributed by atoms with Crippen LogP contribution in [0.5, 0.6) is 0 Å². The number of anilines is 1. The van der Waals surface area contributed by atoms with Gasteiger partial charge in [-0.1, -0.05) is 42.5 Å². The van der Waals surface area contributed by atoms with Gasteiger partial charge in [0.25, 0.3) is 5.79 Å². The van der Waals surface area contributed by atoms with E-state index in [4.69, 9.17) is 14.2 Å². The van der Waals surface area contributed by atoms with Crippen molar-refractivity contribution in [3.8, 4) is 0 Å². The number of carbonyl (C=O) groups excluding carboxylic acids is 3. The van der Waals surface area contributed by atoms with E-state index in [0.29, 0.717) is 11.3 Å². The van der Waals surface area contributed by atoms with Crippen molar-refractivity contribution in [1.29, 1.82) is 0 Å². The maximum absolute atomic E-state index is 12.2. The number of cyclic esters (lactones) is 2. The highest BCUT2D eigenvalue weighted by molar-refractivity contribution is 6.21. The Morgan fingerprint density at radius 3 is 2.13 bits per heavy atom. The van der Waals surface area contributed by atoms with Crippen LogP contribution in [0.1, 0.15) is 25.0 Å². The van der Waals surface area contributed by atoms with Crippen LogP contribution in [0, 0.1) is 0 Å². The minimum Gasteiger partial charge on any atom is -0.465 e. The van der Waals surface area contributed by atoms with Crippen molar-refractivity contribution in [2.75, 3.05) is 12.4 Å². The molecule has 0 bridgehead atoms. The highest BCUT2D eigenvalue weighted by Crippen LogP contribution is 2.23. The third-order valence-corrected chi connectivity index (χ3v) is 4.21. The summed E-state index contributed by atoms with van der Waals surface area (Å²) in [5.41, 5.74) is 2.35. The first-order valence-corrected chi connectivity index (χ1v) is 9.18. The Hall–Kier alpha value is -3.87. The quantitative estimate of drug-likeness (QED) is 0.351. The topological polar surface area (TPSA) is 90.9 Å². The second-order valence-corrected chi connectivity index (χ2v) is 6.92. The molecule has 0 radical (unpaired) electrons. The van der Waals surface area contributed by atoms with E-state index in [-0.39, 0.29) is 5.57 Å². The van der Waals surface area contributed by atoms with Crippen LogP contribution < -0.4 is 5.32 Å². The number of carbonyl (C=O) groups is 3.